The lowest BCUT2D eigenvalue weighted by molar-refractivity contribution is -0.116. The molecule has 0 unspecified atom stereocenters. The lowest BCUT2D eigenvalue weighted by Crippen LogP contribution is -2.40. The largest absolute Gasteiger partial charge is 0.381 e. The molecule has 2 aromatic carbocycles. The molecule has 1 fully saturated rings. The summed E-state index contributed by atoms with van der Waals surface area (Å²) in [5.41, 5.74) is 9.27. The Morgan fingerprint density at radius 1 is 1.00 bits per heavy atom. The van der Waals surface area contributed by atoms with E-state index in [1.807, 2.05) is 44.2 Å². The third kappa shape index (κ3) is 6.81. The predicted octanol–water partition coefficient (Wildman–Crippen LogP) is 5.28. The van der Waals surface area contributed by atoms with Crippen LogP contribution < -0.4 is 21.1 Å². The number of carbonyl (C=O) groups is 2. The highest BCUT2D eigenvalue weighted by Gasteiger charge is 2.25. The van der Waals surface area contributed by atoms with Gasteiger partial charge < -0.3 is 25.3 Å². The fourth-order valence-electron chi connectivity index (χ4n) is 6.66. The fourth-order valence-corrected chi connectivity index (χ4v) is 6.66. The van der Waals surface area contributed by atoms with E-state index in [9.17, 15) is 14.4 Å². The molecule has 0 bridgehead atoms. The van der Waals surface area contributed by atoms with Crippen LogP contribution in [0.4, 0.5) is 5.69 Å². The molecule has 1 aromatic heterocycles. The zero-order valence-electron chi connectivity index (χ0n) is 26.2. The highest BCUT2D eigenvalue weighted by molar-refractivity contribution is 5.99. The van der Waals surface area contributed by atoms with E-state index >= 15 is 0 Å². The molecule has 1 saturated heterocycles. The molecule has 3 aromatic rings. The van der Waals surface area contributed by atoms with Crippen molar-refractivity contribution in [3.8, 4) is 11.1 Å². The third-order valence-corrected chi connectivity index (χ3v) is 9.13. The number of nitrogens with one attached hydrogen (secondary N) is 3. The van der Waals surface area contributed by atoms with E-state index in [1.165, 1.54) is 11.6 Å². The molecule has 0 spiro atoms. The Labute approximate surface area is 259 Å². The molecule has 1 aliphatic carbocycles. The van der Waals surface area contributed by atoms with E-state index in [1.54, 1.807) is 0 Å². The number of benzene rings is 2. The molecule has 2 heterocycles. The van der Waals surface area contributed by atoms with Gasteiger partial charge in [-0.15, -0.1) is 0 Å². The van der Waals surface area contributed by atoms with E-state index in [0.717, 1.165) is 97.5 Å². The van der Waals surface area contributed by atoms with Gasteiger partial charge >= 0.3 is 0 Å². The zero-order chi connectivity index (χ0) is 31.2. The molecule has 232 valence electrons. The Hall–Kier alpha value is -4.17. The van der Waals surface area contributed by atoms with E-state index in [-0.39, 0.29) is 23.9 Å². The maximum atomic E-state index is 13.9. The van der Waals surface area contributed by atoms with Crippen LogP contribution in [0.25, 0.3) is 11.1 Å². The van der Waals surface area contributed by atoms with Crippen molar-refractivity contribution in [2.45, 2.75) is 78.4 Å². The summed E-state index contributed by atoms with van der Waals surface area (Å²) in [6, 6.07) is 12.5. The number of rotatable bonds is 10. The molecule has 0 radical (unpaired) electrons. The average Bonchev–Trinajstić information content (AvgIpc) is 3.05. The number of aryl methyl sites for hydroxylation is 1. The first kappa shape index (κ1) is 31.3. The quantitative estimate of drug-likeness (QED) is 0.277. The van der Waals surface area contributed by atoms with E-state index in [0.29, 0.717) is 23.7 Å². The van der Waals surface area contributed by atoms with Crippen molar-refractivity contribution >= 4 is 17.5 Å². The number of nitrogens with zero attached hydrogens (tertiary/aromatic N) is 1. The second-order valence-corrected chi connectivity index (χ2v) is 11.8. The number of fused-ring (bicyclic) bond motifs is 1. The van der Waals surface area contributed by atoms with Crippen LogP contribution in [0.5, 0.6) is 0 Å². The molecular weight excluding hydrogens is 552 g/mol. The number of hydrogen-bond acceptors (Lipinski definition) is 5. The van der Waals surface area contributed by atoms with Gasteiger partial charge in [0.1, 0.15) is 0 Å². The first-order chi connectivity index (χ1) is 21.3. The molecule has 2 aliphatic rings. The standard InChI is InChI=1S/C36H44N4O4/c1-5-34(41)37-21-25-11-13-26(14-12-25)27-19-31(23(3)33(20-27)40(6-2)28-15-17-44-18-16-28)35(42)38-22-32-30-10-8-7-9-29(30)24(4)39-36(32)43/h5,11-14,19-20,28H,1,6-10,15-18,21-22H2,2-4H3,(H,37,41)(H,38,42)(H,39,43). The molecule has 2 amide bonds. The van der Waals surface area contributed by atoms with Gasteiger partial charge in [0.2, 0.25) is 5.91 Å². The van der Waals surface area contributed by atoms with Crippen molar-refractivity contribution in [2.75, 3.05) is 24.7 Å². The van der Waals surface area contributed by atoms with Gasteiger partial charge in [0, 0.05) is 61.4 Å². The van der Waals surface area contributed by atoms with Crippen LogP contribution >= 0.6 is 0 Å². The van der Waals surface area contributed by atoms with Crippen LogP contribution in [-0.4, -0.2) is 42.6 Å². The predicted molar refractivity (Wildman–Crippen MR) is 175 cm³/mol. The van der Waals surface area contributed by atoms with Gasteiger partial charge in [0.15, 0.2) is 0 Å². The number of aromatic amines is 1. The van der Waals surface area contributed by atoms with Gasteiger partial charge in [-0.1, -0.05) is 30.8 Å². The van der Waals surface area contributed by atoms with E-state index in [2.05, 4.69) is 40.1 Å². The third-order valence-electron chi connectivity index (χ3n) is 9.13. The molecule has 44 heavy (non-hydrogen) atoms. The lowest BCUT2D eigenvalue weighted by atomic mass is 9.88. The number of pyridine rings is 1. The number of H-pyrrole nitrogens is 1. The van der Waals surface area contributed by atoms with Crippen molar-refractivity contribution in [1.29, 1.82) is 0 Å². The van der Waals surface area contributed by atoms with Crippen LogP contribution in [0.3, 0.4) is 0 Å². The lowest BCUT2D eigenvalue weighted by Gasteiger charge is -2.37. The highest BCUT2D eigenvalue weighted by atomic mass is 16.5. The zero-order valence-corrected chi connectivity index (χ0v) is 26.2. The monoisotopic (exact) mass is 596 g/mol. The van der Waals surface area contributed by atoms with Crippen molar-refractivity contribution in [2.24, 2.45) is 0 Å². The number of hydrogen-bond donors (Lipinski definition) is 3. The summed E-state index contributed by atoms with van der Waals surface area (Å²) in [5, 5.41) is 5.91. The fraction of sp³-hybridized carbons (Fsp3) is 0.417. The summed E-state index contributed by atoms with van der Waals surface area (Å²) in [4.78, 5) is 44.0. The molecule has 3 N–H and O–H groups in total. The number of anilines is 1. The first-order valence-electron chi connectivity index (χ1n) is 15.8. The summed E-state index contributed by atoms with van der Waals surface area (Å²) in [7, 11) is 0. The van der Waals surface area contributed by atoms with Gasteiger partial charge in [-0.2, -0.15) is 0 Å². The van der Waals surface area contributed by atoms with Crippen LogP contribution in [0.15, 0.2) is 53.8 Å². The maximum absolute atomic E-state index is 13.9. The summed E-state index contributed by atoms with van der Waals surface area (Å²) in [6.07, 6.45) is 7.13. The highest BCUT2D eigenvalue weighted by Crippen LogP contribution is 2.34. The van der Waals surface area contributed by atoms with Crippen molar-refractivity contribution in [3.63, 3.8) is 0 Å². The Bertz CT molecular complexity index is 1590. The van der Waals surface area contributed by atoms with E-state index < -0.39 is 0 Å². The molecule has 0 saturated carbocycles. The van der Waals surface area contributed by atoms with Crippen LogP contribution in [0, 0.1) is 13.8 Å². The average molecular weight is 597 g/mol. The molecule has 8 heteroatoms. The topological polar surface area (TPSA) is 104 Å². The minimum Gasteiger partial charge on any atom is -0.381 e. The van der Waals surface area contributed by atoms with Crippen LogP contribution in [0.2, 0.25) is 0 Å². The summed E-state index contributed by atoms with van der Waals surface area (Å²) >= 11 is 0. The Kier molecular flexibility index (Phi) is 10.0. The van der Waals surface area contributed by atoms with Crippen molar-refractivity contribution in [1.82, 2.24) is 15.6 Å². The minimum atomic E-state index is -0.214. The summed E-state index contributed by atoms with van der Waals surface area (Å²) in [5.74, 6) is -0.407. The molecule has 8 nitrogen and oxygen atoms in total. The maximum Gasteiger partial charge on any atom is 0.253 e. The van der Waals surface area contributed by atoms with Gasteiger partial charge in [-0.3, -0.25) is 14.4 Å². The summed E-state index contributed by atoms with van der Waals surface area (Å²) < 4.78 is 5.65. The number of carbonyl (C=O) groups excluding carboxylic acids is 2. The Morgan fingerprint density at radius 2 is 1.70 bits per heavy atom. The number of ether oxygens (including phenoxy) is 1. The van der Waals surface area contributed by atoms with Gasteiger partial charge in [-0.25, -0.2) is 0 Å². The summed E-state index contributed by atoms with van der Waals surface area (Å²) in [6.45, 7) is 12.5. The Morgan fingerprint density at radius 3 is 2.39 bits per heavy atom. The Balaban J connectivity index is 1.48. The van der Waals surface area contributed by atoms with Crippen LogP contribution in [0.1, 0.15) is 76.5 Å². The van der Waals surface area contributed by atoms with Gasteiger partial charge in [0.05, 0.1) is 0 Å². The first-order valence-corrected chi connectivity index (χ1v) is 15.8. The second kappa shape index (κ2) is 14.1. The van der Waals surface area contributed by atoms with E-state index in [4.69, 9.17) is 4.74 Å². The SMILES string of the molecule is C=CC(=O)NCc1ccc(-c2cc(C(=O)NCc3c4c(c(C)[nH]c3=O)CCCC4)c(C)c(N(CC)C3CCOCC3)c2)cc1. The van der Waals surface area contributed by atoms with Gasteiger partial charge in [0.25, 0.3) is 11.5 Å². The normalized spacial score (nSPS) is 14.9. The molecular formula is C36H44N4O4. The van der Waals surface area contributed by atoms with Crippen LogP contribution in [-0.2, 0) is 35.5 Å². The minimum absolute atomic E-state index is 0.115. The number of amides is 2. The van der Waals surface area contributed by atoms with Gasteiger partial charge in [-0.05, 0) is 111 Å². The second-order valence-electron chi connectivity index (χ2n) is 11.8. The van der Waals surface area contributed by atoms with Crippen molar-refractivity contribution in [3.05, 3.63) is 98.5 Å². The molecule has 1 aliphatic heterocycles. The van der Waals surface area contributed by atoms with Crippen molar-refractivity contribution < 1.29 is 14.3 Å². The molecule has 0 atom stereocenters. The smallest absolute Gasteiger partial charge is 0.253 e. The number of aromatic nitrogens is 1. The molecule has 5 rings (SSSR count).